The Labute approximate surface area is 136 Å². The first-order chi connectivity index (χ1) is 10.7. The Bertz CT molecular complexity index is 774. The summed E-state index contributed by atoms with van der Waals surface area (Å²) < 4.78 is 12.8. The van der Waals surface area contributed by atoms with Crippen molar-refractivity contribution in [2.75, 3.05) is 19.2 Å². The molecule has 0 aliphatic carbocycles. The fourth-order valence-corrected chi connectivity index (χ4v) is 4.86. The van der Waals surface area contributed by atoms with Gasteiger partial charge in [-0.15, -0.1) is 10.2 Å². The van der Waals surface area contributed by atoms with Crippen molar-refractivity contribution in [2.45, 2.75) is 17.5 Å². The van der Waals surface area contributed by atoms with E-state index in [1.165, 1.54) is 5.03 Å². The van der Waals surface area contributed by atoms with Gasteiger partial charge in [0.15, 0.2) is 17.3 Å². The lowest BCUT2D eigenvalue weighted by Gasteiger charge is -2.25. The van der Waals surface area contributed by atoms with E-state index in [1.54, 1.807) is 37.7 Å². The molecule has 1 aromatic heterocycles. The summed E-state index contributed by atoms with van der Waals surface area (Å²) in [5, 5.41) is 15.0. The van der Waals surface area contributed by atoms with Crippen LogP contribution in [0, 0.1) is 6.92 Å². The van der Waals surface area contributed by atoms with Crippen LogP contribution in [0.1, 0.15) is 16.8 Å². The highest BCUT2D eigenvalue weighted by atomic mass is 32.2. The summed E-state index contributed by atoms with van der Waals surface area (Å²) >= 11 is 3.41. The third-order valence-electron chi connectivity index (χ3n) is 3.62. The van der Waals surface area contributed by atoms with Gasteiger partial charge in [-0.2, -0.15) is 0 Å². The molecule has 0 N–H and O–H groups in total. The van der Waals surface area contributed by atoms with Crippen LogP contribution < -0.4 is 14.5 Å². The number of methoxy groups -OCH3 is 2. The minimum absolute atomic E-state index is 0.137. The Morgan fingerprint density at radius 2 is 1.95 bits per heavy atom. The first-order valence-corrected chi connectivity index (χ1v) is 8.46. The number of ether oxygens (including phenoxy) is 2. The fourth-order valence-electron chi connectivity index (χ4n) is 2.59. The van der Waals surface area contributed by atoms with E-state index in [9.17, 15) is 0 Å². The molecule has 114 valence electrons. The Kier molecular flexibility index (Phi) is 3.23. The molecule has 2 aliphatic heterocycles. The molecule has 0 unspecified atom stereocenters. The predicted octanol–water partition coefficient (Wildman–Crippen LogP) is 2.89. The Hall–Kier alpha value is -1.80. The second-order valence-electron chi connectivity index (χ2n) is 4.85. The van der Waals surface area contributed by atoms with Crippen molar-refractivity contribution in [3.8, 4) is 11.5 Å². The molecule has 0 spiro atoms. The molecule has 0 radical (unpaired) electrons. The summed E-state index contributed by atoms with van der Waals surface area (Å²) in [6.07, 6.45) is 0. The highest BCUT2D eigenvalue weighted by molar-refractivity contribution is 8.07. The fraction of sp³-hybridized carbons (Fsp3) is 0.286. The van der Waals surface area contributed by atoms with Crippen LogP contribution >= 0.6 is 23.5 Å². The van der Waals surface area contributed by atoms with E-state index in [0.29, 0.717) is 0 Å². The summed E-state index contributed by atoms with van der Waals surface area (Å²) in [7, 11) is 3.30. The van der Waals surface area contributed by atoms with Gasteiger partial charge in [-0.1, -0.05) is 17.8 Å². The molecular weight excluding hydrogens is 320 g/mol. The second-order valence-corrected chi connectivity index (χ2v) is 6.79. The topological polar surface area (TPSA) is 52.4 Å². The number of hydrogen-bond donors (Lipinski definition) is 0. The number of fused-ring (bicyclic) bond motifs is 3. The molecule has 4 rings (SSSR count). The van der Waals surface area contributed by atoms with Crippen LogP contribution in [0.4, 0.5) is 0 Å². The molecule has 0 saturated heterocycles. The number of hydrogen-bond acceptors (Lipinski definition) is 7. The van der Waals surface area contributed by atoms with Crippen LogP contribution in [0.5, 0.6) is 11.5 Å². The van der Waals surface area contributed by atoms with Gasteiger partial charge in [0.25, 0.3) is 0 Å². The van der Waals surface area contributed by atoms with Crippen molar-refractivity contribution in [3.63, 3.8) is 0 Å². The molecule has 0 fully saturated rings. The van der Waals surface area contributed by atoms with Gasteiger partial charge in [-0.3, -0.25) is 5.01 Å². The minimum Gasteiger partial charge on any atom is -0.493 e. The number of nitrogens with zero attached hydrogens (tertiary/aromatic N) is 4. The van der Waals surface area contributed by atoms with Crippen molar-refractivity contribution in [3.05, 3.63) is 40.0 Å². The van der Waals surface area contributed by atoms with Gasteiger partial charge in [0, 0.05) is 5.41 Å². The third-order valence-corrected chi connectivity index (χ3v) is 5.81. The number of thioether (sulfide) groups is 2. The maximum absolute atomic E-state index is 5.42. The van der Waals surface area contributed by atoms with Crippen LogP contribution in [0.25, 0.3) is 0 Å². The van der Waals surface area contributed by atoms with E-state index in [-0.39, 0.29) is 5.37 Å². The summed E-state index contributed by atoms with van der Waals surface area (Å²) in [4.78, 5) is 0. The molecule has 3 heterocycles. The van der Waals surface area contributed by atoms with Crippen LogP contribution in [-0.2, 0) is 0 Å². The van der Waals surface area contributed by atoms with Crippen molar-refractivity contribution in [1.82, 2.24) is 14.9 Å². The monoisotopic (exact) mass is 334 g/mol. The van der Waals surface area contributed by atoms with Gasteiger partial charge < -0.3 is 9.47 Å². The minimum atomic E-state index is 0.137. The van der Waals surface area contributed by atoms with Crippen LogP contribution in [0.2, 0.25) is 0 Å². The average Bonchev–Trinajstić information content (AvgIpc) is 3.19. The zero-order valence-electron chi connectivity index (χ0n) is 12.3. The molecule has 0 saturated carbocycles. The van der Waals surface area contributed by atoms with E-state index in [4.69, 9.17) is 9.47 Å². The lowest BCUT2D eigenvalue weighted by atomic mass is 10.2. The lowest BCUT2D eigenvalue weighted by Crippen LogP contribution is -2.30. The number of aryl methyl sites for hydroxylation is 1. The maximum atomic E-state index is 5.42. The highest BCUT2D eigenvalue weighted by Crippen LogP contribution is 2.51. The summed E-state index contributed by atoms with van der Waals surface area (Å²) in [5.74, 6) is 2.36. The van der Waals surface area contributed by atoms with Crippen LogP contribution in [-0.4, -0.2) is 29.1 Å². The van der Waals surface area contributed by atoms with E-state index >= 15 is 0 Å². The zero-order valence-corrected chi connectivity index (χ0v) is 13.9. The smallest absolute Gasteiger partial charge is 0.216 e. The quantitative estimate of drug-likeness (QED) is 0.855. The van der Waals surface area contributed by atoms with Gasteiger partial charge in [0.2, 0.25) is 5.16 Å². The van der Waals surface area contributed by atoms with Crippen LogP contribution in [0.3, 0.4) is 0 Å². The molecular formula is C14H14N4O2S2. The summed E-state index contributed by atoms with van der Waals surface area (Å²) in [6, 6.07) is 6.03. The largest absolute Gasteiger partial charge is 0.493 e. The van der Waals surface area contributed by atoms with E-state index in [0.717, 1.165) is 28.0 Å². The molecule has 6 nitrogen and oxygen atoms in total. The van der Waals surface area contributed by atoms with E-state index < -0.39 is 0 Å². The second kappa shape index (κ2) is 5.13. The molecule has 22 heavy (non-hydrogen) atoms. The SMILES string of the molecule is COc1ccc([C@H]2SC=C3Sc4nnc(C)n4N32)cc1OC. The summed E-state index contributed by atoms with van der Waals surface area (Å²) in [6.45, 7) is 1.97. The molecule has 0 amide bonds. The molecule has 2 aromatic rings. The van der Waals surface area contributed by atoms with Crippen LogP contribution in [0.15, 0.2) is 33.8 Å². The van der Waals surface area contributed by atoms with Gasteiger partial charge in [0.1, 0.15) is 10.4 Å². The van der Waals surface area contributed by atoms with E-state index in [1.807, 2.05) is 19.1 Å². The molecule has 1 atom stereocenters. The number of aromatic nitrogens is 3. The lowest BCUT2D eigenvalue weighted by molar-refractivity contribution is 0.354. The van der Waals surface area contributed by atoms with Gasteiger partial charge >= 0.3 is 0 Å². The van der Waals surface area contributed by atoms with Crippen molar-refractivity contribution in [2.24, 2.45) is 0 Å². The van der Waals surface area contributed by atoms with Crippen molar-refractivity contribution >= 4 is 23.5 Å². The molecule has 1 aromatic carbocycles. The normalized spacial score (nSPS) is 19.0. The Morgan fingerprint density at radius 1 is 1.14 bits per heavy atom. The third kappa shape index (κ3) is 1.90. The first-order valence-electron chi connectivity index (χ1n) is 6.70. The zero-order chi connectivity index (χ0) is 15.3. The highest BCUT2D eigenvalue weighted by Gasteiger charge is 2.39. The Morgan fingerprint density at radius 3 is 2.73 bits per heavy atom. The maximum Gasteiger partial charge on any atom is 0.216 e. The average molecular weight is 334 g/mol. The predicted molar refractivity (Wildman–Crippen MR) is 86.8 cm³/mol. The van der Waals surface area contributed by atoms with Gasteiger partial charge in [0.05, 0.1) is 14.2 Å². The molecule has 0 bridgehead atoms. The molecule has 2 aliphatic rings. The van der Waals surface area contributed by atoms with Crippen molar-refractivity contribution < 1.29 is 9.47 Å². The van der Waals surface area contributed by atoms with E-state index in [2.05, 4.69) is 31.4 Å². The number of benzene rings is 1. The van der Waals surface area contributed by atoms with Crippen molar-refractivity contribution in [1.29, 1.82) is 0 Å². The number of rotatable bonds is 3. The molecule has 8 heteroatoms. The van der Waals surface area contributed by atoms with Gasteiger partial charge in [-0.25, -0.2) is 4.68 Å². The van der Waals surface area contributed by atoms with Gasteiger partial charge in [-0.05, 0) is 36.4 Å². The standard InChI is InChI=1S/C14H14N4O2S2/c1-8-15-16-14-17(8)18-12(22-14)7-21-13(18)9-4-5-10(19-2)11(6-9)20-3/h4-7,13H,1-3H3/t13-/m1/s1. The summed E-state index contributed by atoms with van der Waals surface area (Å²) in [5.41, 5.74) is 1.15. The Balaban J connectivity index is 1.74. The first kappa shape index (κ1) is 13.8.